The Kier molecular flexibility index (Phi) is 4.34. The second-order valence-corrected chi connectivity index (χ2v) is 4.39. The Morgan fingerprint density at radius 3 is 2.71 bits per heavy atom. The van der Waals surface area contributed by atoms with E-state index in [2.05, 4.69) is 15.3 Å². The lowest BCUT2D eigenvalue weighted by Crippen LogP contribution is -2.17. The lowest BCUT2D eigenvalue weighted by molar-refractivity contribution is 0.0992. The van der Waals surface area contributed by atoms with E-state index in [1.165, 1.54) is 31.6 Å². The van der Waals surface area contributed by atoms with Gasteiger partial charge in [-0.3, -0.25) is 14.6 Å². The number of methoxy groups -OCH3 is 1. The highest BCUT2D eigenvalue weighted by Crippen LogP contribution is 2.19. The van der Waals surface area contributed by atoms with E-state index in [9.17, 15) is 9.59 Å². The molecule has 2 aromatic rings. The third kappa shape index (κ3) is 3.46. The normalized spacial score (nSPS) is 10.0. The van der Waals surface area contributed by atoms with Gasteiger partial charge in [0.15, 0.2) is 0 Å². The molecule has 0 saturated heterocycles. The van der Waals surface area contributed by atoms with Crippen LogP contribution in [0.4, 0.5) is 5.69 Å². The number of carbonyl (C=O) groups excluding carboxylic acids is 2. The molecule has 0 aliphatic heterocycles. The summed E-state index contributed by atoms with van der Waals surface area (Å²) in [6, 6.07) is 4.35. The highest BCUT2D eigenvalue weighted by Gasteiger charge is 2.14. The average Bonchev–Trinajstić information content (AvgIpc) is 2.47. The number of amides is 2. The molecular weight excluding hydrogens is 296 g/mol. The Hall–Kier alpha value is -2.67. The zero-order valence-corrected chi connectivity index (χ0v) is 11.7. The van der Waals surface area contributed by atoms with Crippen LogP contribution in [-0.4, -0.2) is 28.9 Å². The number of halogens is 1. The lowest BCUT2D eigenvalue weighted by Gasteiger charge is -2.08. The van der Waals surface area contributed by atoms with E-state index >= 15 is 0 Å². The van der Waals surface area contributed by atoms with Crippen molar-refractivity contribution in [2.24, 2.45) is 5.73 Å². The number of anilines is 1. The van der Waals surface area contributed by atoms with Gasteiger partial charge in [0, 0.05) is 11.2 Å². The molecule has 0 aliphatic rings. The van der Waals surface area contributed by atoms with Crippen molar-refractivity contribution in [2.75, 3.05) is 12.4 Å². The van der Waals surface area contributed by atoms with Crippen LogP contribution in [0.15, 0.2) is 30.6 Å². The highest BCUT2D eigenvalue weighted by atomic mass is 35.5. The molecule has 0 aliphatic carbocycles. The lowest BCUT2D eigenvalue weighted by atomic mass is 10.2. The highest BCUT2D eigenvalue weighted by molar-refractivity contribution is 6.30. The number of nitrogens with one attached hydrogen (secondary N) is 1. The van der Waals surface area contributed by atoms with Gasteiger partial charge in [0.2, 0.25) is 5.88 Å². The van der Waals surface area contributed by atoms with Crippen molar-refractivity contribution >= 4 is 29.1 Å². The minimum absolute atomic E-state index is 0.0642. The molecular formula is C13H11ClN4O3. The third-order valence-electron chi connectivity index (χ3n) is 2.52. The predicted octanol–water partition coefficient (Wildman–Crippen LogP) is 1.49. The quantitative estimate of drug-likeness (QED) is 0.890. The maximum atomic E-state index is 12.0. The summed E-state index contributed by atoms with van der Waals surface area (Å²) in [7, 11) is 1.36. The number of aromatic nitrogens is 2. The van der Waals surface area contributed by atoms with E-state index in [0.717, 1.165) is 0 Å². The van der Waals surface area contributed by atoms with Crippen molar-refractivity contribution in [3.8, 4) is 5.88 Å². The summed E-state index contributed by atoms with van der Waals surface area (Å²) in [5, 5.41) is 2.94. The topological polar surface area (TPSA) is 107 Å². The molecule has 21 heavy (non-hydrogen) atoms. The number of primary amides is 1. The van der Waals surface area contributed by atoms with E-state index in [0.29, 0.717) is 5.02 Å². The summed E-state index contributed by atoms with van der Waals surface area (Å²) in [5.41, 5.74) is 5.71. The minimum Gasteiger partial charge on any atom is -0.480 e. The van der Waals surface area contributed by atoms with E-state index in [-0.39, 0.29) is 22.8 Å². The maximum Gasteiger partial charge on any atom is 0.274 e. The summed E-state index contributed by atoms with van der Waals surface area (Å²) in [5.74, 6) is -1.11. The Labute approximate surface area is 125 Å². The van der Waals surface area contributed by atoms with Gasteiger partial charge in [-0.05, 0) is 18.2 Å². The van der Waals surface area contributed by atoms with E-state index < -0.39 is 11.8 Å². The summed E-state index contributed by atoms with van der Waals surface area (Å²) in [6.45, 7) is 0. The fourth-order valence-electron chi connectivity index (χ4n) is 1.58. The first kappa shape index (κ1) is 14.7. The van der Waals surface area contributed by atoms with Crippen molar-refractivity contribution in [3.63, 3.8) is 0 Å². The molecule has 0 bridgehead atoms. The van der Waals surface area contributed by atoms with Crippen molar-refractivity contribution in [1.82, 2.24) is 9.97 Å². The van der Waals surface area contributed by atoms with Gasteiger partial charge in [-0.2, -0.15) is 0 Å². The van der Waals surface area contributed by atoms with Crippen LogP contribution < -0.4 is 15.8 Å². The van der Waals surface area contributed by atoms with Crippen molar-refractivity contribution in [2.45, 2.75) is 0 Å². The molecule has 0 spiro atoms. The second kappa shape index (κ2) is 6.19. The Balaban J connectivity index is 2.25. The maximum absolute atomic E-state index is 12.0. The number of nitrogens with two attached hydrogens (primary N) is 1. The Morgan fingerprint density at radius 2 is 2.10 bits per heavy atom. The standard InChI is InChI=1S/C13H11ClN4O3/c1-21-13-9(11(15)19)5-8(6-17-13)18-12(20)10-4-7(14)2-3-16-10/h2-6H,1H3,(H2,15,19)(H,18,20). The average molecular weight is 307 g/mol. The molecule has 2 aromatic heterocycles. The number of nitrogens with zero attached hydrogens (tertiary/aromatic N) is 2. The number of ether oxygens (including phenoxy) is 1. The fraction of sp³-hybridized carbons (Fsp3) is 0.0769. The van der Waals surface area contributed by atoms with Gasteiger partial charge in [0.1, 0.15) is 11.3 Å². The predicted molar refractivity (Wildman–Crippen MR) is 76.5 cm³/mol. The van der Waals surface area contributed by atoms with Crippen LogP contribution in [0.1, 0.15) is 20.8 Å². The van der Waals surface area contributed by atoms with Gasteiger partial charge in [-0.25, -0.2) is 4.98 Å². The van der Waals surface area contributed by atoms with Crippen LogP contribution >= 0.6 is 11.6 Å². The summed E-state index contributed by atoms with van der Waals surface area (Å²) < 4.78 is 4.91. The van der Waals surface area contributed by atoms with Crippen LogP contribution in [0.5, 0.6) is 5.88 Å². The summed E-state index contributed by atoms with van der Waals surface area (Å²) in [4.78, 5) is 31.1. The molecule has 7 nitrogen and oxygen atoms in total. The van der Waals surface area contributed by atoms with E-state index in [1.807, 2.05) is 0 Å². The van der Waals surface area contributed by atoms with Crippen LogP contribution in [0.25, 0.3) is 0 Å². The molecule has 0 saturated carbocycles. The van der Waals surface area contributed by atoms with Crippen LogP contribution in [0.3, 0.4) is 0 Å². The molecule has 0 fully saturated rings. The molecule has 0 unspecified atom stereocenters. The van der Waals surface area contributed by atoms with Crippen LogP contribution in [-0.2, 0) is 0 Å². The minimum atomic E-state index is -0.712. The van der Waals surface area contributed by atoms with Gasteiger partial charge in [0.05, 0.1) is 19.0 Å². The molecule has 0 radical (unpaired) electrons. The molecule has 108 valence electrons. The van der Waals surface area contributed by atoms with Gasteiger partial charge >= 0.3 is 0 Å². The molecule has 2 rings (SSSR count). The second-order valence-electron chi connectivity index (χ2n) is 3.96. The van der Waals surface area contributed by atoms with E-state index in [4.69, 9.17) is 22.1 Å². The molecule has 0 aromatic carbocycles. The Morgan fingerprint density at radius 1 is 1.33 bits per heavy atom. The number of pyridine rings is 2. The van der Waals surface area contributed by atoms with E-state index in [1.54, 1.807) is 6.07 Å². The van der Waals surface area contributed by atoms with Gasteiger partial charge in [-0.15, -0.1) is 0 Å². The molecule has 2 heterocycles. The number of hydrogen-bond acceptors (Lipinski definition) is 5. The van der Waals surface area contributed by atoms with Crippen molar-refractivity contribution in [3.05, 3.63) is 46.9 Å². The first-order valence-electron chi connectivity index (χ1n) is 5.78. The molecule has 0 atom stereocenters. The first-order chi connectivity index (χ1) is 10.0. The van der Waals surface area contributed by atoms with Gasteiger partial charge in [0.25, 0.3) is 11.8 Å². The zero-order valence-electron chi connectivity index (χ0n) is 11.0. The molecule has 8 heteroatoms. The summed E-state index contributed by atoms with van der Waals surface area (Å²) >= 11 is 5.79. The zero-order chi connectivity index (χ0) is 15.4. The van der Waals surface area contributed by atoms with Gasteiger partial charge < -0.3 is 15.8 Å². The van der Waals surface area contributed by atoms with Crippen molar-refractivity contribution in [1.29, 1.82) is 0 Å². The summed E-state index contributed by atoms with van der Waals surface area (Å²) in [6.07, 6.45) is 2.76. The molecule has 3 N–H and O–H groups in total. The monoisotopic (exact) mass is 306 g/mol. The first-order valence-corrected chi connectivity index (χ1v) is 6.16. The van der Waals surface area contributed by atoms with Crippen LogP contribution in [0.2, 0.25) is 5.02 Å². The number of hydrogen-bond donors (Lipinski definition) is 2. The number of carbonyl (C=O) groups is 2. The Bertz CT molecular complexity index is 706. The van der Waals surface area contributed by atoms with Crippen LogP contribution in [0, 0.1) is 0 Å². The largest absolute Gasteiger partial charge is 0.480 e. The van der Waals surface area contributed by atoms with Gasteiger partial charge in [-0.1, -0.05) is 11.6 Å². The smallest absolute Gasteiger partial charge is 0.274 e. The SMILES string of the molecule is COc1ncc(NC(=O)c2cc(Cl)ccn2)cc1C(N)=O. The van der Waals surface area contributed by atoms with Crippen molar-refractivity contribution < 1.29 is 14.3 Å². The molecule has 2 amide bonds. The fourth-order valence-corrected chi connectivity index (χ4v) is 1.74. The third-order valence-corrected chi connectivity index (χ3v) is 2.76. The number of rotatable bonds is 4.